The van der Waals surface area contributed by atoms with E-state index in [0.717, 1.165) is 23.9 Å². The van der Waals surface area contributed by atoms with Crippen LogP contribution in [-0.4, -0.2) is 38.7 Å². The first-order valence-electron chi connectivity index (χ1n) is 7.62. The summed E-state index contributed by atoms with van der Waals surface area (Å²) < 4.78 is 1.85. The van der Waals surface area contributed by atoms with Gasteiger partial charge in [0.2, 0.25) is 0 Å². The van der Waals surface area contributed by atoms with Crippen LogP contribution in [0.2, 0.25) is 0 Å². The van der Waals surface area contributed by atoms with E-state index in [1.54, 1.807) is 12.4 Å². The van der Waals surface area contributed by atoms with Crippen molar-refractivity contribution in [3.8, 4) is 6.07 Å². The van der Waals surface area contributed by atoms with Gasteiger partial charge in [-0.25, -0.2) is 9.67 Å². The van der Waals surface area contributed by atoms with Gasteiger partial charge in [0.05, 0.1) is 17.8 Å². The van der Waals surface area contributed by atoms with Crippen LogP contribution in [0, 0.1) is 17.2 Å². The van der Waals surface area contributed by atoms with Crippen molar-refractivity contribution in [1.82, 2.24) is 19.7 Å². The summed E-state index contributed by atoms with van der Waals surface area (Å²) in [5, 5.41) is 14.1. The van der Waals surface area contributed by atoms with Gasteiger partial charge in [0, 0.05) is 36.6 Å². The number of hydrogen-bond acceptors (Lipinski definition) is 4. The molecule has 0 radical (unpaired) electrons. The normalized spacial score (nSPS) is 16.2. The van der Waals surface area contributed by atoms with E-state index in [9.17, 15) is 4.79 Å². The third-order valence-corrected chi connectivity index (χ3v) is 4.13. The van der Waals surface area contributed by atoms with Gasteiger partial charge >= 0.3 is 0 Å². The minimum atomic E-state index is -0.0110. The van der Waals surface area contributed by atoms with E-state index in [2.05, 4.69) is 16.2 Å². The Bertz CT molecular complexity index is 735. The molecule has 1 saturated heterocycles. The number of hydrogen-bond donors (Lipinski definition) is 0. The second-order valence-corrected chi connectivity index (χ2v) is 6.02. The molecule has 0 aromatic carbocycles. The summed E-state index contributed by atoms with van der Waals surface area (Å²) in [6, 6.07) is 4.37. The summed E-state index contributed by atoms with van der Waals surface area (Å²) >= 11 is 0. The van der Waals surface area contributed by atoms with Crippen molar-refractivity contribution in [2.75, 3.05) is 13.1 Å². The Morgan fingerprint density at radius 2 is 2.09 bits per heavy atom. The van der Waals surface area contributed by atoms with Gasteiger partial charge in [-0.1, -0.05) is 0 Å². The Morgan fingerprint density at radius 1 is 1.36 bits per heavy atom. The van der Waals surface area contributed by atoms with Crippen LogP contribution in [0.25, 0.3) is 11.0 Å². The highest BCUT2D eigenvalue weighted by Gasteiger charge is 2.24. The number of fused-ring (bicyclic) bond motifs is 1. The maximum absolute atomic E-state index is 12.6. The number of nitriles is 1. The van der Waals surface area contributed by atoms with Crippen LogP contribution < -0.4 is 0 Å². The van der Waals surface area contributed by atoms with Gasteiger partial charge in [-0.2, -0.15) is 10.4 Å². The average Bonchev–Trinajstić information content (AvgIpc) is 2.97. The van der Waals surface area contributed by atoms with E-state index < -0.39 is 0 Å². The van der Waals surface area contributed by atoms with Gasteiger partial charge in [-0.3, -0.25) is 4.79 Å². The highest BCUT2D eigenvalue weighted by Crippen LogP contribution is 2.20. The van der Waals surface area contributed by atoms with Crippen LogP contribution in [0.15, 0.2) is 18.5 Å². The molecule has 0 unspecified atom stereocenters. The maximum Gasteiger partial charge on any atom is 0.255 e. The summed E-state index contributed by atoms with van der Waals surface area (Å²) in [7, 11) is 0. The molecule has 3 heterocycles. The lowest BCUT2D eigenvalue weighted by Crippen LogP contribution is -2.38. The van der Waals surface area contributed by atoms with Gasteiger partial charge in [0.25, 0.3) is 5.91 Å². The number of amides is 1. The molecule has 3 rings (SSSR count). The van der Waals surface area contributed by atoms with Crippen LogP contribution in [0.4, 0.5) is 0 Å². The van der Waals surface area contributed by atoms with Gasteiger partial charge in [-0.05, 0) is 32.8 Å². The molecule has 2 aromatic rings. The van der Waals surface area contributed by atoms with Crippen molar-refractivity contribution in [3.63, 3.8) is 0 Å². The standard InChI is InChI=1S/C16H19N5O/c1-11(2)21-15-13(10-19-21)7-14(9-18-15)16(22)20-5-3-12(8-17)4-6-20/h7,9-12H,3-6H2,1-2H3. The fraction of sp³-hybridized carbons (Fsp3) is 0.500. The number of carbonyl (C=O) groups excluding carboxylic acids is 1. The first kappa shape index (κ1) is 14.5. The van der Waals surface area contributed by atoms with Gasteiger partial charge in [-0.15, -0.1) is 0 Å². The van der Waals surface area contributed by atoms with E-state index >= 15 is 0 Å². The van der Waals surface area contributed by atoms with Crippen molar-refractivity contribution in [1.29, 1.82) is 5.26 Å². The van der Waals surface area contributed by atoms with Crippen molar-refractivity contribution in [2.45, 2.75) is 32.7 Å². The monoisotopic (exact) mass is 297 g/mol. The molecule has 0 saturated carbocycles. The molecular weight excluding hydrogens is 278 g/mol. The van der Waals surface area contributed by atoms with Crippen molar-refractivity contribution < 1.29 is 4.79 Å². The Labute approximate surface area is 129 Å². The van der Waals surface area contributed by atoms with Crippen LogP contribution in [0.5, 0.6) is 0 Å². The second-order valence-electron chi connectivity index (χ2n) is 6.02. The number of likely N-dealkylation sites (tertiary alicyclic amines) is 1. The smallest absolute Gasteiger partial charge is 0.255 e. The molecule has 0 N–H and O–H groups in total. The molecule has 6 heteroatoms. The van der Waals surface area contributed by atoms with Crippen LogP contribution >= 0.6 is 0 Å². The third-order valence-electron chi connectivity index (χ3n) is 4.13. The highest BCUT2D eigenvalue weighted by molar-refractivity contribution is 5.96. The lowest BCUT2D eigenvalue weighted by molar-refractivity contribution is 0.0707. The summed E-state index contributed by atoms with van der Waals surface area (Å²) in [6.07, 6.45) is 4.88. The van der Waals surface area contributed by atoms with E-state index in [1.807, 2.05) is 29.5 Å². The molecule has 22 heavy (non-hydrogen) atoms. The fourth-order valence-corrected chi connectivity index (χ4v) is 2.83. The Kier molecular flexibility index (Phi) is 3.80. The molecule has 1 amide bonds. The lowest BCUT2D eigenvalue weighted by atomic mass is 9.98. The molecule has 0 aliphatic carbocycles. The largest absolute Gasteiger partial charge is 0.339 e. The van der Waals surface area contributed by atoms with E-state index in [1.165, 1.54) is 0 Å². The second kappa shape index (κ2) is 5.76. The summed E-state index contributed by atoms with van der Waals surface area (Å²) in [5.74, 6) is 0.0667. The van der Waals surface area contributed by atoms with E-state index in [4.69, 9.17) is 5.26 Å². The average molecular weight is 297 g/mol. The third kappa shape index (κ3) is 2.54. The lowest BCUT2D eigenvalue weighted by Gasteiger charge is -2.29. The van der Waals surface area contributed by atoms with Gasteiger partial charge in [0.1, 0.15) is 0 Å². The van der Waals surface area contributed by atoms with E-state index in [-0.39, 0.29) is 17.9 Å². The zero-order valence-corrected chi connectivity index (χ0v) is 12.9. The molecule has 1 aliphatic rings. The van der Waals surface area contributed by atoms with Crippen LogP contribution in [-0.2, 0) is 0 Å². The number of rotatable bonds is 2. The number of pyridine rings is 1. The quantitative estimate of drug-likeness (QED) is 0.853. The predicted molar refractivity (Wildman–Crippen MR) is 82.2 cm³/mol. The van der Waals surface area contributed by atoms with E-state index in [0.29, 0.717) is 18.7 Å². The number of aromatic nitrogens is 3. The minimum absolute atomic E-state index is 0.0110. The van der Waals surface area contributed by atoms with Crippen LogP contribution in [0.3, 0.4) is 0 Å². The van der Waals surface area contributed by atoms with Gasteiger partial charge in [0.15, 0.2) is 5.65 Å². The molecule has 1 aliphatic heterocycles. The first-order chi connectivity index (χ1) is 10.6. The van der Waals surface area contributed by atoms with Crippen molar-refractivity contribution in [3.05, 3.63) is 24.0 Å². The summed E-state index contributed by atoms with van der Waals surface area (Å²) in [6.45, 7) is 5.37. The summed E-state index contributed by atoms with van der Waals surface area (Å²) in [4.78, 5) is 18.8. The molecule has 6 nitrogen and oxygen atoms in total. The van der Waals surface area contributed by atoms with Crippen molar-refractivity contribution >= 4 is 16.9 Å². The first-order valence-corrected chi connectivity index (χ1v) is 7.62. The molecule has 0 atom stereocenters. The van der Waals surface area contributed by atoms with Crippen LogP contribution in [0.1, 0.15) is 43.1 Å². The zero-order valence-electron chi connectivity index (χ0n) is 12.9. The number of nitrogens with zero attached hydrogens (tertiary/aromatic N) is 5. The molecule has 0 bridgehead atoms. The molecule has 114 valence electrons. The molecule has 0 spiro atoms. The number of carbonyl (C=O) groups is 1. The Balaban J connectivity index is 1.82. The number of piperidine rings is 1. The Morgan fingerprint density at radius 3 is 2.73 bits per heavy atom. The maximum atomic E-state index is 12.6. The fourth-order valence-electron chi connectivity index (χ4n) is 2.83. The highest BCUT2D eigenvalue weighted by atomic mass is 16.2. The molecular formula is C16H19N5O. The summed E-state index contributed by atoms with van der Waals surface area (Å²) in [5.41, 5.74) is 1.39. The minimum Gasteiger partial charge on any atom is -0.339 e. The van der Waals surface area contributed by atoms with Crippen molar-refractivity contribution in [2.24, 2.45) is 5.92 Å². The predicted octanol–water partition coefficient (Wildman–Crippen LogP) is 2.39. The Hall–Kier alpha value is -2.42. The molecule has 2 aromatic heterocycles. The topological polar surface area (TPSA) is 74.8 Å². The van der Waals surface area contributed by atoms with Gasteiger partial charge < -0.3 is 4.90 Å². The zero-order chi connectivity index (χ0) is 15.7. The molecule has 1 fully saturated rings. The SMILES string of the molecule is CC(C)n1ncc2cc(C(=O)N3CCC(C#N)CC3)cnc21.